The monoisotopic (exact) mass is 366 g/mol. The van der Waals surface area contributed by atoms with Crippen LogP contribution in [0.15, 0.2) is 42.6 Å². The lowest BCUT2D eigenvalue weighted by Crippen LogP contribution is -2.40. The first-order chi connectivity index (χ1) is 12.6. The molecule has 0 bridgehead atoms. The summed E-state index contributed by atoms with van der Waals surface area (Å²) < 4.78 is 0. The van der Waals surface area contributed by atoms with Gasteiger partial charge in [-0.2, -0.15) is 0 Å². The summed E-state index contributed by atoms with van der Waals surface area (Å²) in [5.41, 5.74) is 6.12. The van der Waals surface area contributed by atoms with Crippen LogP contribution in [0.3, 0.4) is 0 Å². The molecule has 0 radical (unpaired) electrons. The van der Waals surface area contributed by atoms with Gasteiger partial charge in [0.15, 0.2) is 5.11 Å². The number of hydrogen-bond donors (Lipinski definition) is 2. The predicted molar refractivity (Wildman–Crippen MR) is 112 cm³/mol. The van der Waals surface area contributed by atoms with Crippen molar-refractivity contribution in [1.82, 2.24) is 20.2 Å². The number of aryl methyl sites for hydroxylation is 2. The third-order valence-corrected chi connectivity index (χ3v) is 5.00. The van der Waals surface area contributed by atoms with Gasteiger partial charge in [-0.1, -0.05) is 17.7 Å². The normalized spacial score (nSPS) is 10.9. The molecule has 5 heteroatoms. The van der Waals surface area contributed by atoms with E-state index in [9.17, 15) is 0 Å². The Morgan fingerprint density at radius 2 is 2.08 bits per heavy atom. The van der Waals surface area contributed by atoms with E-state index in [4.69, 9.17) is 12.2 Å². The van der Waals surface area contributed by atoms with E-state index < -0.39 is 0 Å². The average molecular weight is 367 g/mol. The van der Waals surface area contributed by atoms with Crippen LogP contribution in [0.25, 0.3) is 10.9 Å². The lowest BCUT2D eigenvalue weighted by atomic mass is 10.1. The maximum absolute atomic E-state index is 5.60. The lowest BCUT2D eigenvalue weighted by molar-refractivity contribution is 0.405. The van der Waals surface area contributed by atoms with Crippen molar-refractivity contribution in [3.8, 4) is 0 Å². The molecule has 0 aliphatic heterocycles. The maximum Gasteiger partial charge on any atom is 0.169 e. The molecule has 0 atom stereocenters. The lowest BCUT2D eigenvalue weighted by Gasteiger charge is -2.25. The van der Waals surface area contributed by atoms with Gasteiger partial charge in [-0.05, 0) is 69.2 Å². The number of fused-ring (bicyclic) bond motifs is 1. The Balaban J connectivity index is 1.80. The van der Waals surface area contributed by atoms with Crippen LogP contribution in [0.4, 0.5) is 0 Å². The smallest absolute Gasteiger partial charge is 0.169 e. The van der Waals surface area contributed by atoms with Crippen LogP contribution in [-0.4, -0.2) is 33.1 Å². The molecule has 4 nitrogen and oxygen atoms in total. The molecule has 136 valence electrons. The Morgan fingerprint density at radius 3 is 2.81 bits per heavy atom. The number of nitrogens with one attached hydrogen (secondary N) is 2. The standard InChI is InChI=1S/C21H26N4S/c1-4-22-21(26)25(14-17-7-5-6-11-23-17)12-10-18-16(3)24-20-9-8-15(2)13-19(18)20/h5-9,11,13,24H,4,10,12,14H2,1-3H3,(H,22,26). The molecule has 0 aliphatic rings. The highest BCUT2D eigenvalue weighted by Crippen LogP contribution is 2.24. The topological polar surface area (TPSA) is 44.0 Å². The molecule has 1 aromatic carbocycles. The molecule has 3 rings (SSSR count). The molecule has 0 unspecified atom stereocenters. The van der Waals surface area contributed by atoms with E-state index >= 15 is 0 Å². The van der Waals surface area contributed by atoms with Crippen LogP contribution in [0.2, 0.25) is 0 Å². The van der Waals surface area contributed by atoms with E-state index in [0.29, 0.717) is 6.54 Å². The van der Waals surface area contributed by atoms with Crippen LogP contribution in [0.1, 0.15) is 29.4 Å². The summed E-state index contributed by atoms with van der Waals surface area (Å²) in [4.78, 5) is 10.2. The van der Waals surface area contributed by atoms with E-state index in [0.717, 1.165) is 30.3 Å². The van der Waals surface area contributed by atoms with Gasteiger partial charge in [-0.3, -0.25) is 4.98 Å². The van der Waals surface area contributed by atoms with Crippen molar-refractivity contribution >= 4 is 28.2 Å². The number of aromatic amines is 1. The van der Waals surface area contributed by atoms with Crippen molar-refractivity contribution in [2.75, 3.05) is 13.1 Å². The Labute approximate surface area is 160 Å². The Bertz CT molecular complexity index is 886. The molecule has 2 aromatic heterocycles. The molecule has 2 N–H and O–H groups in total. The minimum Gasteiger partial charge on any atom is -0.363 e. The maximum atomic E-state index is 5.60. The summed E-state index contributed by atoms with van der Waals surface area (Å²) in [5.74, 6) is 0. The fraction of sp³-hybridized carbons (Fsp3) is 0.333. The first-order valence-corrected chi connectivity index (χ1v) is 9.49. The molecule has 26 heavy (non-hydrogen) atoms. The molecule has 0 fully saturated rings. The summed E-state index contributed by atoms with van der Waals surface area (Å²) in [5, 5.41) is 5.38. The minimum absolute atomic E-state index is 0.715. The Kier molecular flexibility index (Phi) is 5.89. The number of benzene rings is 1. The van der Waals surface area contributed by atoms with Gasteiger partial charge < -0.3 is 15.2 Å². The van der Waals surface area contributed by atoms with Crippen molar-refractivity contribution < 1.29 is 0 Å². The number of H-pyrrole nitrogens is 1. The second kappa shape index (κ2) is 8.32. The first kappa shape index (κ1) is 18.4. The third-order valence-electron chi connectivity index (χ3n) is 4.60. The first-order valence-electron chi connectivity index (χ1n) is 9.09. The van der Waals surface area contributed by atoms with E-state index in [1.54, 1.807) is 0 Å². The van der Waals surface area contributed by atoms with Crippen molar-refractivity contribution in [1.29, 1.82) is 0 Å². The molecular formula is C21H26N4S. The number of hydrogen-bond acceptors (Lipinski definition) is 2. The zero-order valence-corrected chi connectivity index (χ0v) is 16.5. The van der Waals surface area contributed by atoms with Crippen LogP contribution >= 0.6 is 12.2 Å². The molecule has 0 saturated heterocycles. The van der Waals surface area contributed by atoms with E-state index in [1.807, 2.05) is 24.4 Å². The summed E-state index contributed by atoms with van der Waals surface area (Å²) >= 11 is 5.60. The number of nitrogens with zero attached hydrogens (tertiary/aromatic N) is 2. The zero-order chi connectivity index (χ0) is 18.5. The van der Waals surface area contributed by atoms with E-state index in [1.165, 1.54) is 27.7 Å². The average Bonchev–Trinajstić information content (AvgIpc) is 2.94. The molecule has 0 saturated carbocycles. The number of aromatic nitrogens is 2. The molecule has 2 heterocycles. The van der Waals surface area contributed by atoms with Crippen molar-refractivity contribution in [3.63, 3.8) is 0 Å². The van der Waals surface area contributed by atoms with Crippen molar-refractivity contribution in [2.45, 2.75) is 33.7 Å². The Hall–Kier alpha value is -2.40. The fourth-order valence-electron chi connectivity index (χ4n) is 3.27. The van der Waals surface area contributed by atoms with Crippen LogP contribution in [-0.2, 0) is 13.0 Å². The summed E-state index contributed by atoms with van der Waals surface area (Å²) in [6.07, 6.45) is 2.77. The molecule has 0 spiro atoms. The molecule has 3 aromatic rings. The Morgan fingerprint density at radius 1 is 1.23 bits per heavy atom. The van der Waals surface area contributed by atoms with Crippen LogP contribution in [0.5, 0.6) is 0 Å². The SMILES string of the molecule is CCNC(=S)N(CCc1c(C)[nH]c2ccc(C)cc12)Cc1ccccn1. The quantitative estimate of drug-likeness (QED) is 0.644. The molecule has 0 amide bonds. The molecule has 0 aliphatic carbocycles. The van der Waals surface area contributed by atoms with Gasteiger partial charge >= 0.3 is 0 Å². The summed E-state index contributed by atoms with van der Waals surface area (Å²) in [6, 6.07) is 12.6. The zero-order valence-electron chi connectivity index (χ0n) is 15.7. The van der Waals surface area contributed by atoms with Crippen LogP contribution in [0, 0.1) is 13.8 Å². The number of pyridine rings is 1. The van der Waals surface area contributed by atoms with E-state index in [2.05, 4.69) is 59.2 Å². The highest BCUT2D eigenvalue weighted by Gasteiger charge is 2.14. The fourth-order valence-corrected chi connectivity index (χ4v) is 3.57. The van der Waals surface area contributed by atoms with Gasteiger partial charge in [0.05, 0.1) is 12.2 Å². The molecular weight excluding hydrogens is 340 g/mol. The predicted octanol–water partition coefficient (Wildman–Crippen LogP) is 4.12. The second-order valence-corrected chi connectivity index (χ2v) is 6.99. The van der Waals surface area contributed by atoms with Crippen LogP contribution < -0.4 is 5.32 Å². The number of thiocarbonyl (C=S) groups is 1. The van der Waals surface area contributed by atoms with Gasteiger partial charge in [-0.15, -0.1) is 0 Å². The van der Waals surface area contributed by atoms with Gasteiger partial charge in [-0.25, -0.2) is 0 Å². The third kappa shape index (κ3) is 4.22. The number of rotatable bonds is 6. The van der Waals surface area contributed by atoms with Crippen molar-refractivity contribution in [3.05, 3.63) is 65.1 Å². The second-order valence-electron chi connectivity index (χ2n) is 6.61. The summed E-state index contributed by atoms with van der Waals surface area (Å²) in [7, 11) is 0. The summed E-state index contributed by atoms with van der Waals surface area (Å²) in [6.45, 7) is 8.74. The highest BCUT2D eigenvalue weighted by molar-refractivity contribution is 7.80. The van der Waals surface area contributed by atoms with Gasteiger partial charge in [0.25, 0.3) is 0 Å². The van der Waals surface area contributed by atoms with Crippen molar-refractivity contribution in [2.24, 2.45) is 0 Å². The van der Waals surface area contributed by atoms with Gasteiger partial charge in [0, 0.05) is 35.9 Å². The largest absolute Gasteiger partial charge is 0.363 e. The van der Waals surface area contributed by atoms with Gasteiger partial charge in [0.2, 0.25) is 0 Å². The minimum atomic E-state index is 0.715. The van der Waals surface area contributed by atoms with Gasteiger partial charge in [0.1, 0.15) is 0 Å². The highest BCUT2D eigenvalue weighted by atomic mass is 32.1. The van der Waals surface area contributed by atoms with E-state index in [-0.39, 0.29) is 0 Å².